The van der Waals surface area contributed by atoms with Crippen molar-refractivity contribution in [3.8, 4) is 0 Å². The van der Waals surface area contributed by atoms with Gasteiger partial charge in [0, 0.05) is 28.4 Å². The Bertz CT molecular complexity index is 987. The van der Waals surface area contributed by atoms with Crippen molar-refractivity contribution < 1.29 is 9.59 Å². The van der Waals surface area contributed by atoms with Crippen LogP contribution in [0.3, 0.4) is 0 Å². The van der Waals surface area contributed by atoms with Crippen LogP contribution in [0.1, 0.15) is 31.8 Å². The van der Waals surface area contributed by atoms with Crippen LogP contribution in [-0.2, 0) is 6.42 Å². The lowest BCUT2D eigenvalue weighted by Crippen LogP contribution is -2.26. The van der Waals surface area contributed by atoms with E-state index in [4.69, 9.17) is 11.6 Å². The highest BCUT2D eigenvalue weighted by molar-refractivity contribution is 6.30. The molecule has 0 fully saturated rings. The molecule has 3 aromatic carbocycles. The van der Waals surface area contributed by atoms with Crippen LogP contribution in [0.15, 0.2) is 72.8 Å². The smallest absolute Gasteiger partial charge is 0.255 e. The molecule has 2 amide bonds. The highest BCUT2D eigenvalue weighted by Crippen LogP contribution is 2.20. The summed E-state index contributed by atoms with van der Waals surface area (Å²) in [4.78, 5) is 25.0. The van der Waals surface area contributed by atoms with Gasteiger partial charge in [0.05, 0.1) is 0 Å². The van der Waals surface area contributed by atoms with Gasteiger partial charge in [0.1, 0.15) is 0 Å². The molecule has 2 N–H and O–H groups in total. The molecule has 0 aliphatic rings. The summed E-state index contributed by atoms with van der Waals surface area (Å²) in [5.41, 5.74) is 3.59. The first-order chi connectivity index (χ1) is 13.5. The Morgan fingerprint density at radius 2 is 1.57 bits per heavy atom. The zero-order chi connectivity index (χ0) is 19.9. The molecule has 0 bridgehead atoms. The first kappa shape index (κ1) is 19.6. The largest absolute Gasteiger partial charge is 0.352 e. The minimum Gasteiger partial charge on any atom is -0.352 e. The Morgan fingerprint density at radius 1 is 0.857 bits per heavy atom. The molecule has 28 heavy (non-hydrogen) atoms. The fraction of sp³-hybridized carbons (Fsp3) is 0.130. The lowest BCUT2D eigenvalue weighted by atomic mass is 10.1. The van der Waals surface area contributed by atoms with Gasteiger partial charge in [-0.1, -0.05) is 48.0 Å². The van der Waals surface area contributed by atoms with Crippen molar-refractivity contribution in [1.82, 2.24) is 5.32 Å². The molecule has 0 heterocycles. The van der Waals surface area contributed by atoms with Crippen molar-refractivity contribution in [3.05, 3.63) is 100 Å². The third-order valence-electron chi connectivity index (χ3n) is 4.37. The number of rotatable bonds is 6. The van der Waals surface area contributed by atoms with Crippen molar-refractivity contribution in [2.45, 2.75) is 13.3 Å². The second-order valence-corrected chi connectivity index (χ2v) is 6.92. The van der Waals surface area contributed by atoms with E-state index in [-0.39, 0.29) is 11.8 Å². The van der Waals surface area contributed by atoms with E-state index in [9.17, 15) is 9.59 Å². The van der Waals surface area contributed by atoms with Gasteiger partial charge in [-0.3, -0.25) is 9.59 Å². The molecule has 0 atom stereocenters. The number of halogens is 1. The molecular formula is C23H21ClN2O2. The molecule has 0 spiro atoms. The van der Waals surface area contributed by atoms with Gasteiger partial charge in [-0.05, 0) is 60.9 Å². The molecule has 0 aliphatic carbocycles. The minimum atomic E-state index is -0.274. The van der Waals surface area contributed by atoms with Crippen molar-refractivity contribution in [1.29, 1.82) is 0 Å². The first-order valence-corrected chi connectivity index (χ1v) is 9.40. The predicted molar refractivity (Wildman–Crippen MR) is 113 cm³/mol. The summed E-state index contributed by atoms with van der Waals surface area (Å²) in [5, 5.41) is 6.36. The summed E-state index contributed by atoms with van der Waals surface area (Å²) >= 11 is 5.95. The number of carbonyl (C=O) groups is 2. The Balaban J connectivity index is 1.62. The van der Waals surface area contributed by atoms with Gasteiger partial charge in [0.25, 0.3) is 11.8 Å². The molecule has 142 valence electrons. The Morgan fingerprint density at radius 3 is 2.29 bits per heavy atom. The second kappa shape index (κ2) is 9.20. The fourth-order valence-corrected chi connectivity index (χ4v) is 3.06. The molecule has 4 nitrogen and oxygen atoms in total. The molecule has 3 rings (SSSR count). The van der Waals surface area contributed by atoms with E-state index >= 15 is 0 Å². The molecule has 0 unspecified atom stereocenters. The van der Waals surface area contributed by atoms with Crippen LogP contribution >= 0.6 is 11.6 Å². The van der Waals surface area contributed by atoms with E-state index < -0.39 is 0 Å². The minimum absolute atomic E-state index is 0.201. The zero-order valence-electron chi connectivity index (χ0n) is 15.5. The van der Waals surface area contributed by atoms with Crippen molar-refractivity contribution in [2.24, 2.45) is 0 Å². The normalized spacial score (nSPS) is 10.4. The number of nitrogens with one attached hydrogen (secondary N) is 2. The van der Waals surface area contributed by atoms with Gasteiger partial charge < -0.3 is 10.6 Å². The van der Waals surface area contributed by atoms with Gasteiger partial charge in [-0.15, -0.1) is 0 Å². The summed E-state index contributed by atoms with van der Waals surface area (Å²) in [6.45, 7) is 2.40. The monoisotopic (exact) mass is 392 g/mol. The molecule has 0 aromatic heterocycles. The third-order valence-corrected chi connectivity index (χ3v) is 4.60. The van der Waals surface area contributed by atoms with Gasteiger partial charge in [0.2, 0.25) is 0 Å². The zero-order valence-corrected chi connectivity index (χ0v) is 16.3. The highest BCUT2D eigenvalue weighted by atomic mass is 35.5. The highest BCUT2D eigenvalue weighted by Gasteiger charge is 2.11. The Labute approximate surface area is 169 Å². The summed E-state index contributed by atoms with van der Waals surface area (Å²) < 4.78 is 0. The molecule has 0 saturated heterocycles. The molecule has 0 saturated carbocycles. The van der Waals surface area contributed by atoms with Crippen LogP contribution in [0, 0.1) is 6.92 Å². The van der Waals surface area contributed by atoms with Crippen LogP contribution in [0.5, 0.6) is 0 Å². The van der Waals surface area contributed by atoms with E-state index in [1.165, 1.54) is 0 Å². The fourth-order valence-electron chi connectivity index (χ4n) is 2.83. The summed E-state index contributed by atoms with van der Waals surface area (Å²) in [7, 11) is 0. The van der Waals surface area contributed by atoms with E-state index in [0.717, 1.165) is 17.5 Å². The maximum atomic E-state index is 12.5. The maximum absolute atomic E-state index is 12.5. The van der Waals surface area contributed by atoms with E-state index in [1.807, 2.05) is 37.3 Å². The Hall–Kier alpha value is -3.11. The molecule has 5 heteroatoms. The number of hydrogen-bond acceptors (Lipinski definition) is 2. The van der Waals surface area contributed by atoms with Crippen LogP contribution in [0.4, 0.5) is 5.69 Å². The predicted octanol–water partition coefficient (Wildman–Crippen LogP) is 4.87. The summed E-state index contributed by atoms with van der Waals surface area (Å²) in [6.07, 6.45) is 0.753. The number of amides is 2. The number of aryl methyl sites for hydroxylation is 1. The maximum Gasteiger partial charge on any atom is 0.255 e. The number of carbonyl (C=O) groups excluding carboxylic acids is 2. The van der Waals surface area contributed by atoms with Crippen molar-refractivity contribution in [3.63, 3.8) is 0 Å². The SMILES string of the molecule is Cc1cc(Cl)ccc1NC(=O)c1cccc(C(=O)NCCc2ccccc2)c1. The lowest BCUT2D eigenvalue weighted by Gasteiger charge is -2.10. The van der Waals surface area contributed by atoms with Crippen LogP contribution in [0.25, 0.3) is 0 Å². The van der Waals surface area contributed by atoms with Gasteiger partial charge in [-0.25, -0.2) is 0 Å². The van der Waals surface area contributed by atoms with E-state index in [1.54, 1.807) is 42.5 Å². The molecular weight excluding hydrogens is 372 g/mol. The number of anilines is 1. The van der Waals surface area contributed by atoms with E-state index in [2.05, 4.69) is 10.6 Å². The van der Waals surface area contributed by atoms with Crippen molar-refractivity contribution in [2.75, 3.05) is 11.9 Å². The second-order valence-electron chi connectivity index (χ2n) is 6.49. The average Bonchev–Trinajstić information content (AvgIpc) is 2.71. The Kier molecular flexibility index (Phi) is 6.45. The first-order valence-electron chi connectivity index (χ1n) is 9.02. The lowest BCUT2D eigenvalue weighted by molar-refractivity contribution is 0.0954. The van der Waals surface area contributed by atoms with Crippen molar-refractivity contribution >= 4 is 29.1 Å². The third kappa shape index (κ3) is 5.21. The molecule has 0 aliphatic heterocycles. The summed E-state index contributed by atoms with van der Waals surface area (Å²) in [5.74, 6) is -0.474. The molecule has 3 aromatic rings. The number of benzene rings is 3. The quantitative estimate of drug-likeness (QED) is 0.628. The van der Waals surface area contributed by atoms with E-state index in [0.29, 0.717) is 28.4 Å². The van der Waals surface area contributed by atoms with Crippen LogP contribution in [0.2, 0.25) is 5.02 Å². The van der Waals surface area contributed by atoms with Gasteiger partial charge in [-0.2, -0.15) is 0 Å². The van der Waals surface area contributed by atoms with Gasteiger partial charge in [0.15, 0.2) is 0 Å². The van der Waals surface area contributed by atoms with Crippen LogP contribution in [-0.4, -0.2) is 18.4 Å². The number of hydrogen-bond donors (Lipinski definition) is 2. The van der Waals surface area contributed by atoms with Gasteiger partial charge >= 0.3 is 0 Å². The molecule has 0 radical (unpaired) electrons. The summed E-state index contributed by atoms with van der Waals surface area (Å²) in [6, 6.07) is 21.9. The standard InChI is InChI=1S/C23H21ClN2O2/c1-16-14-20(24)10-11-21(16)26-23(28)19-9-5-8-18(15-19)22(27)25-13-12-17-6-3-2-4-7-17/h2-11,14-15H,12-13H2,1H3,(H,25,27)(H,26,28). The van der Waals surface area contributed by atoms with Crippen LogP contribution < -0.4 is 10.6 Å². The average molecular weight is 393 g/mol. The topological polar surface area (TPSA) is 58.2 Å².